The molecule has 0 radical (unpaired) electrons. The van der Waals surface area contributed by atoms with Gasteiger partial charge >= 0.3 is 0 Å². The van der Waals surface area contributed by atoms with E-state index >= 15 is 0 Å². The summed E-state index contributed by atoms with van der Waals surface area (Å²) in [7, 11) is 3.95. The first-order valence-electron chi connectivity index (χ1n) is 5.58. The average molecular weight is 202 g/mol. The summed E-state index contributed by atoms with van der Waals surface area (Å²) in [4.78, 5) is 2.37. The molecule has 1 unspecified atom stereocenters. The maximum absolute atomic E-state index is 5.10. The fourth-order valence-corrected chi connectivity index (χ4v) is 1.37. The Hall–Kier alpha value is -0.120. The van der Waals surface area contributed by atoms with Crippen LogP contribution in [-0.4, -0.2) is 51.8 Å². The summed E-state index contributed by atoms with van der Waals surface area (Å²) < 4.78 is 5.10. The van der Waals surface area contributed by atoms with Gasteiger partial charge in [-0.15, -0.1) is 0 Å². The third kappa shape index (κ3) is 8.48. The maximum Gasteiger partial charge on any atom is 0.0488 e. The Morgan fingerprint density at radius 1 is 1.36 bits per heavy atom. The molecule has 0 aliphatic rings. The predicted molar refractivity (Wildman–Crippen MR) is 61.7 cm³/mol. The summed E-state index contributed by atoms with van der Waals surface area (Å²) in [6.07, 6.45) is 1.22. The van der Waals surface area contributed by atoms with Crippen LogP contribution in [0.2, 0.25) is 0 Å². The summed E-state index contributed by atoms with van der Waals surface area (Å²) in [5.41, 5.74) is 0. The highest BCUT2D eigenvalue weighted by Gasteiger charge is 2.03. The summed E-state index contributed by atoms with van der Waals surface area (Å²) in [6, 6.07) is 0. The third-order valence-electron chi connectivity index (χ3n) is 2.38. The van der Waals surface area contributed by atoms with Gasteiger partial charge in [0.2, 0.25) is 0 Å². The van der Waals surface area contributed by atoms with Crippen molar-refractivity contribution in [3.63, 3.8) is 0 Å². The van der Waals surface area contributed by atoms with Gasteiger partial charge in [-0.1, -0.05) is 13.8 Å². The second-order valence-electron chi connectivity index (χ2n) is 4.01. The highest BCUT2D eigenvalue weighted by atomic mass is 16.5. The summed E-state index contributed by atoms with van der Waals surface area (Å²) in [6.45, 7) is 9.70. The van der Waals surface area contributed by atoms with Crippen molar-refractivity contribution in [2.75, 3.05) is 46.9 Å². The fourth-order valence-electron chi connectivity index (χ4n) is 1.37. The van der Waals surface area contributed by atoms with Crippen molar-refractivity contribution in [1.82, 2.24) is 10.2 Å². The zero-order chi connectivity index (χ0) is 10.8. The van der Waals surface area contributed by atoms with E-state index in [-0.39, 0.29) is 0 Å². The van der Waals surface area contributed by atoms with Crippen LogP contribution in [-0.2, 0) is 4.74 Å². The monoisotopic (exact) mass is 202 g/mol. The molecule has 14 heavy (non-hydrogen) atoms. The third-order valence-corrected chi connectivity index (χ3v) is 2.38. The molecule has 0 aromatic heterocycles. The van der Waals surface area contributed by atoms with Gasteiger partial charge in [-0.25, -0.2) is 0 Å². The standard InChI is InChI=1S/C11H26N2O/c1-5-12-7-9-13(3)8-6-11(2)10-14-4/h11-12H,5-10H2,1-4H3. The van der Waals surface area contributed by atoms with E-state index in [0.29, 0.717) is 5.92 Å². The number of ether oxygens (including phenoxy) is 1. The van der Waals surface area contributed by atoms with E-state index in [2.05, 4.69) is 31.1 Å². The molecule has 0 saturated heterocycles. The fraction of sp³-hybridized carbons (Fsp3) is 1.00. The van der Waals surface area contributed by atoms with Crippen molar-refractivity contribution < 1.29 is 4.74 Å². The number of rotatable bonds is 9. The SMILES string of the molecule is CCNCCN(C)CCC(C)COC. The van der Waals surface area contributed by atoms with Gasteiger partial charge in [0.1, 0.15) is 0 Å². The lowest BCUT2D eigenvalue weighted by atomic mass is 10.1. The number of methoxy groups -OCH3 is 1. The van der Waals surface area contributed by atoms with Crippen LogP contribution in [0.1, 0.15) is 20.3 Å². The Balaban J connectivity index is 3.29. The topological polar surface area (TPSA) is 24.5 Å². The molecule has 0 aromatic rings. The van der Waals surface area contributed by atoms with Crippen LogP contribution in [0.15, 0.2) is 0 Å². The number of likely N-dealkylation sites (N-methyl/N-ethyl adjacent to an activating group) is 2. The number of nitrogens with one attached hydrogen (secondary N) is 1. The van der Waals surface area contributed by atoms with Crippen molar-refractivity contribution in [2.45, 2.75) is 20.3 Å². The number of hydrogen-bond donors (Lipinski definition) is 1. The Morgan fingerprint density at radius 2 is 2.07 bits per heavy atom. The molecule has 0 fully saturated rings. The van der Waals surface area contributed by atoms with Crippen LogP contribution in [0.4, 0.5) is 0 Å². The van der Waals surface area contributed by atoms with Crippen LogP contribution < -0.4 is 5.32 Å². The highest BCUT2D eigenvalue weighted by Crippen LogP contribution is 2.02. The van der Waals surface area contributed by atoms with Crippen molar-refractivity contribution in [2.24, 2.45) is 5.92 Å². The zero-order valence-corrected chi connectivity index (χ0v) is 10.2. The highest BCUT2D eigenvalue weighted by molar-refractivity contribution is 4.58. The maximum atomic E-state index is 5.10. The molecule has 0 amide bonds. The van der Waals surface area contributed by atoms with Crippen molar-refractivity contribution in [3.05, 3.63) is 0 Å². The lowest BCUT2D eigenvalue weighted by Gasteiger charge is -2.18. The Bertz CT molecular complexity index is 120. The van der Waals surface area contributed by atoms with Gasteiger partial charge in [0.25, 0.3) is 0 Å². The van der Waals surface area contributed by atoms with E-state index in [4.69, 9.17) is 4.74 Å². The van der Waals surface area contributed by atoms with Crippen molar-refractivity contribution in [3.8, 4) is 0 Å². The molecule has 0 saturated carbocycles. The van der Waals surface area contributed by atoms with E-state index in [9.17, 15) is 0 Å². The molecule has 3 heteroatoms. The minimum Gasteiger partial charge on any atom is -0.384 e. The Morgan fingerprint density at radius 3 is 2.64 bits per heavy atom. The quantitative estimate of drug-likeness (QED) is 0.569. The van der Waals surface area contributed by atoms with Crippen LogP contribution in [0.5, 0.6) is 0 Å². The molecule has 0 bridgehead atoms. The zero-order valence-electron chi connectivity index (χ0n) is 10.2. The van der Waals surface area contributed by atoms with Gasteiger partial charge in [-0.3, -0.25) is 0 Å². The van der Waals surface area contributed by atoms with E-state index in [1.807, 2.05) is 0 Å². The molecule has 0 aromatic carbocycles. The van der Waals surface area contributed by atoms with E-state index in [1.54, 1.807) is 7.11 Å². The lowest BCUT2D eigenvalue weighted by Crippen LogP contribution is -2.30. The van der Waals surface area contributed by atoms with Crippen LogP contribution in [0.25, 0.3) is 0 Å². The van der Waals surface area contributed by atoms with Gasteiger partial charge in [0.05, 0.1) is 0 Å². The molecule has 1 atom stereocenters. The molecule has 86 valence electrons. The minimum absolute atomic E-state index is 0.668. The largest absolute Gasteiger partial charge is 0.384 e. The first-order valence-corrected chi connectivity index (χ1v) is 5.58. The smallest absolute Gasteiger partial charge is 0.0488 e. The normalized spacial score (nSPS) is 13.5. The van der Waals surface area contributed by atoms with Crippen molar-refractivity contribution >= 4 is 0 Å². The molecule has 3 nitrogen and oxygen atoms in total. The lowest BCUT2D eigenvalue weighted by molar-refractivity contribution is 0.148. The first-order chi connectivity index (χ1) is 6.70. The molecule has 0 rings (SSSR count). The second-order valence-corrected chi connectivity index (χ2v) is 4.01. The summed E-state index contributed by atoms with van der Waals surface area (Å²) >= 11 is 0. The first kappa shape index (κ1) is 13.9. The summed E-state index contributed by atoms with van der Waals surface area (Å²) in [5, 5.41) is 3.33. The molecule has 0 aliphatic carbocycles. The number of hydrogen-bond acceptors (Lipinski definition) is 3. The number of nitrogens with zero attached hydrogens (tertiary/aromatic N) is 1. The molecule has 1 N–H and O–H groups in total. The van der Waals surface area contributed by atoms with E-state index < -0.39 is 0 Å². The van der Waals surface area contributed by atoms with Crippen LogP contribution >= 0.6 is 0 Å². The molecule has 0 spiro atoms. The molecule has 0 heterocycles. The van der Waals surface area contributed by atoms with Crippen molar-refractivity contribution in [1.29, 1.82) is 0 Å². The van der Waals surface area contributed by atoms with Gasteiger partial charge in [-0.2, -0.15) is 0 Å². The van der Waals surface area contributed by atoms with Crippen LogP contribution in [0, 0.1) is 5.92 Å². The van der Waals surface area contributed by atoms with E-state index in [1.165, 1.54) is 6.42 Å². The Labute approximate surface area is 88.8 Å². The molecule has 0 aliphatic heterocycles. The summed E-state index contributed by atoms with van der Waals surface area (Å²) in [5.74, 6) is 0.668. The molecular weight excluding hydrogens is 176 g/mol. The predicted octanol–water partition coefficient (Wildman–Crippen LogP) is 1.20. The second kappa shape index (κ2) is 9.44. The van der Waals surface area contributed by atoms with Gasteiger partial charge in [0, 0.05) is 26.8 Å². The minimum atomic E-state index is 0.668. The Kier molecular flexibility index (Phi) is 9.35. The molecular formula is C11H26N2O. The van der Waals surface area contributed by atoms with E-state index in [0.717, 1.165) is 32.8 Å². The van der Waals surface area contributed by atoms with Crippen LogP contribution in [0.3, 0.4) is 0 Å². The van der Waals surface area contributed by atoms with Gasteiger partial charge in [0.15, 0.2) is 0 Å². The van der Waals surface area contributed by atoms with Gasteiger partial charge < -0.3 is 15.0 Å². The van der Waals surface area contributed by atoms with Gasteiger partial charge in [-0.05, 0) is 32.5 Å². The average Bonchev–Trinajstić information content (AvgIpc) is 2.16.